The van der Waals surface area contributed by atoms with Gasteiger partial charge in [-0.05, 0) is 61.5 Å². The molecule has 1 fully saturated rings. The van der Waals surface area contributed by atoms with Crippen molar-refractivity contribution in [2.45, 2.75) is 13.8 Å². The van der Waals surface area contributed by atoms with Crippen LogP contribution in [0.4, 0.5) is 10.7 Å². The number of nitrogens with one attached hydrogen (secondary N) is 1. The van der Waals surface area contributed by atoms with Crippen molar-refractivity contribution in [2.75, 3.05) is 36.4 Å². The van der Waals surface area contributed by atoms with E-state index in [1.807, 2.05) is 12.1 Å². The fourth-order valence-corrected chi connectivity index (χ4v) is 3.90. The van der Waals surface area contributed by atoms with Crippen molar-refractivity contribution in [3.8, 4) is 0 Å². The third-order valence-corrected chi connectivity index (χ3v) is 5.80. The SMILES string of the molecule is Cc1ccc(NC(=S)N2CCN(c3ccc(C=O)s3)CC2)cc1C. The van der Waals surface area contributed by atoms with Crippen LogP contribution in [0.2, 0.25) is 0 Å². The zero-order valence-electron chi connectivity index (χ0n) is 13.9. The first-order chi connectivity index (χ1) is 11.6. The van der Waals surface area contributed by atoms with E-state index in [9.17, 15) is 4.79 Å². The smallest absolute Gasteiger partial charge is 0.173 e. The quantitative estimate of drug-likeness (QED) is 0.668. The van der Waals surface area contributed by atoms with Crippen LogP contribution < -0.4 is 10.2 Å². The highest BCUT2D eigenvalue weighted by Crippen LogP contribution is 2.26. The molecule has 0 unspecified atom stereocenters. The molecule has 0 aliphatic carbocycles. The van der Waals surface area contributed by atoms with Gasteiger partial charge in [0.25, 0.3) is 0 Å². The maximum atomic E-state index is 10.8. The van der Waals surface area contributed by atoms with E-state index >= 15 is 0 Å². The van der Waals surface area contributed by atoms with Crippen molar-refractivity contribution >= 4 is 45.6 Å². The van der Waals surface area contributed by atoms with Crippen LogP contribution in [0.5, 0.6) is 0 Å². The molecule has 0 atom stereocenters. The third-order valence-electron chi connectivity index (χ3n) is 4.37. The molecule has 3 rings (SSSR count). The normalized spacial score (nSPS) is 14.6. The highest BCUT2D eigenvalue weighted by molar-refractivity contribution is 7.80. The Bertz CT molecular complexity index is 748. The molecule has 24 heavy (non-hydrogen) atoms. The largest absolute Gasteiger partial charge is 0.360 e. The van der Waals surface area contributed by atoms with E-state index in [-0.39, 0.29) is 0 Å². The lowest BCUT2D eigenvalue weighted by molar-refractivity contribution is 0.112. The fraction of sp³-hybridized carbons (Fsp3) is 0.333. The van der Waals surface area contributed by atoms with E-state index in [1.165, 1.54) is 11.1 Å². The summed E-state index contributed by atoms with van der Waals surface area (Å²) in [5.41, 5.74) is 3.58. The van der Waals surface area contributed by atoms with Crippen LogP contribution in [0.1, 0.15) is 20.8 Å². The highest BCUT2D eigenvalue weighted by atomic mass is 32.1. The number of rotatable bonds is 3. The molecule has 0 spiro atoms. The predicted molar refractivity (Wildman–Crippen MR) is 106 cm³/mol. The van der Waals surface area contributed by atoms with Crippen LogP contribution in [0.25, 0.3) is 0 Å². The number of thiophene rings is 1. The van der Waals surface area contributed by atoms with E-state index in [1.54, 1.807) is 11.3 Å². The second-order valence-corrected chi connectivity index (χ2v) is 7.48. The van der Waals surface area contributed by atoms with Crippen molar-refractivity contribution in [1.29, 1.82) is 0 Å². The summed E-state index contributed by atoms with van der Waals surface area (Å²) < 4.78 is 0. The van der Waals surface area contributed by atoms with Gasteiger partial charge in [0.2, 0.25) is 0 Å². The Morgan fingerprint density at radius 3 is 2.50 bits per heavy atom. The van der Waals surface area contributed by atoms with E-state index in [0.717, 1.165) is 53.1 Å². The molecule has 126 valence electrons. The number of carbonyl (C=O) groups is 1. The first kappa shape index (κ1) is 16.9. The zero-order chi connectivity index (χ0) is 17.1. The van der Waals surface area contributed by atoms with Crippen LogP contribution in [-0.2, 0) is 0 Å². The molecule has 2 heterocycles. The molecule has 1 N–H and O–H groups in total. The van der Waals surface area contributed by atoms with Gasteiger partial charge >= 0.3 is 0 Å². The van der Waals surface area contributed by atoms with Crippen molar-refractivity contribution < 1.29 is 4.79 Å². The average Bonchev–Trinajstić information content (AvgIpc) is 3.07. The monoisotopic (exact) mass is 359 g/mol. The predicted octanol–water partition coefficient (Wildman–Crippen LogP) is 3.70. The summed E-state index contributed by atoms with van der Waals surface area (Å²) in [6.45, 7) is 7.80. The molecular weight excluding hydrogens is 338 g/mol. The molecule has 1 aromatic carbocycles. The Kier molecular flexibility index (Phi) is 5.16. The first-order valence-electron chi connectivity index (χ1n) is 8.00. The number of anilines is 2. The van der Waals surface area contributed by atoms with Crippen molar-refractivity contribution in [1.82, 2.24) is 4.90 Å². The summed E-state index contributed by atoms with van der Waals surface area (Å²) >= 11 is 7.11. The summed E-state index contributed by atoms with van der Waals surface area (Å²) in [7, 11) is 0. The number of carbonyl (C=O) groups excluding carboxylic acids is 1. The molecular formula is C18H21N3OS2. The lowest BCUT2D eigenvalue weighted by Crippen LogP contribution is -2.49. The molecule has 1 aliphatic heterocycles. The number of aryl methyl sites for hydroxylation is 2. The maximum Gasteiger partial charge on any atom is 0.173 e. The average molecular weight is 360 g/mol. The summed E-state index contributed by atoms with van der Waals surface area (Å²) in [4.78, 5) is 16.1. The van der Waals surface area contributed by atoms with Gasteiger partial charge in [-0.3, -0.25) is 4.79 Å². The minimum absolute atomic E-state index is 0.776. The van der Waals surface area contributed by atoms with Crippen LogP contribution in [0.3, 0.4) is 0 Å². The van der Waals surface area contributed by atoms with Gasteiger partial charge in [0, 0.05) is 31.9 Å². The Labute approximate surface area is 152 Å². The Morgan fingerprint density at radius 1 is 1.12 bits per heavy atom. The van der Waals surface area contributed by atoms with Crippen LogP contribution in [0.15, 0.2) is 30.3 Å². The number of nitrogens with zero attached hydrogens (tertiary/aromatic N) is 2. The zero-order valence-corrected chi connectivity index (χ0v) is 15.5. The number of thiocarbonyl (C=S) groups is 1. The van der Waals surface area contributed by atoms with Gasteiger partial charge in [-0.2, -0.15) is 0 Å². The highest BCUT2D eigenvalue weighted by Gasteiger charge is 2.20. The molecule has 4 nitrogen and oxygen atoms in total. The van der Waals surface area contributed by atoms with Crippen LogP contribution in [-0.4, -0.2) is 42.5 Å². The molecule has 0 radical (unpaired) electrons. The number of piperazine rings is 1. The van der Waals surface area contributed by atoms with Gasteiger partial charge in [0.1, 0.15) is 0 Å². The van der Waals surface area contributed by atoms with Crippen molar-refractivity contribution in [3.63, 3.8) is 0 Å². The number of benzene rings is 1. The molecule has 6 heteroatoms. The van der Waals surface area contributed by atoms with Gasteiger partial charge in [-0.1, -0.05) is 6.07 Å². The van der Waals surface area contributed by atoms with Gasteiger partial charge in [-0.25, -0.2) is 0 Å². The summed E-state index contributed by atoms with van der Waals surface area (Å²) in [5.74, 6) is 0. The summed E-state index contributed by atoms with van der Waals surface area (Å²) in [6.07, 6.45) is 0.910. The number of hydrogen-bond donors (Lipinski definition) is 1. The van der Waals surface area contributed by atoms with Gasteiger partial charge in [-0.15, -0.1) is 11.3 Å². The van der Waals surface area contributed by atoms with E-state index in [2.05, 4.69) is 47.2 Å². The molecule has 1 aromatic heterocycles. The maximum absolute atomic E-state index is 10.8. The lowest BCUT2D eigenvalue weighted by atomic mass is 10.1. The molecule has 1 aliphatic rings. The van der Waals surface area contributed by atoms with Crippen molar-refractivity contribution in [2.24, 2.45) is 0 Å². The first-order valence-corrected chi connectivity index (χ1v) is 9.22. The van der Waals surface area contributed by atoms with Crippen LogP contribution in [0, 0.1) is 13.8 Å². The second kappa shape index (κ2) is 7.32. The number of hydrogen-bond acceptors (Lipinski definition) is 4. The van der Waals surface area contributed by atoms with E-state index in [0.29, 0.717) is 0 Å². The minimum atomic E-state index is 0.776. The Morgan fingerprint density at radius 2 is 1.88 bits per heavy atom. The van der Waals surface area contributed by atoms with Crippen molar-refractivity contribution in [3.05, 3.63) is 46.3 Å². The molecule has 0 amide bonds. The topological polar surface area (TPSA) is 35.6 Å². The standard InChI is InChI=1S/C18H21N3OS2/c1-13-3-4-15(11-14(13)2)19-18(23)21-9-7-20(8-10-21)17-6-5-16(12-22)24-17/h3-6,11-12H,7-10H2,1-2H3,(H,19,23). The van der Waals surface area contributed by atoms with Gasteiger partial charge < -0.3 is 15.1 Å². The number of aldehydes is 1. The van der Waals surface area contributed by atoms with Crippen LogP contribution >= 0.6 is 23.6 Å². The van der Waals surface area contributed by atoms with Gasteiger partial charge in [0.05, 0.1) is 9.88 Å². The Balaban J connectivity index is 1.56. The van der Waals surface area contributed by atoms with E-state index in [4.69, 9.17) is 12.2 Å². The van der Waals surface area contributed by atoms with Gasteiger partial charge in [0.15, 0.2) is 11.4 Å². The van der Waals surface area contributed by atoms with E-state index < -0.39 is 0 Å². The molecule has 0 bridgehead atoms. The third kappa shape index (κ3) is 3.76. The lowest BCUT2D eigenvalue weighted by Gasteiger charge is -2.36. The fourth-order valence-electron chi connectivity index (χ4n) is 2.73. The summed E-state index contributed by atoms with van der Waals surface area (Å²) in [6, 6.07) is 10.2. The summed E-state index contributed by atoms with van der Waals surface area (Å²) in [5, 5.41) is 5.28. The molecule has 1 saturated heterocycles. The molecule has 2 aromatic rings. The molecule has 0 saturated carbocycles. The Hall–Kier alpha value is -1.92. The minimum Gasteiger partial charge on any atom is -0.360 e. The second-order valence-electron chi connectivity index (χ2n) is 6.00.